The standard InChI is InChI=1S/C16H21NO4/c1-11-6-5-7-12(8-9-14(19)20)15(11)21-10-13(18)17-16(2,3)4/h5-9H,10H2,1-4H3,(H,17,18)(H,19,20)/b9-8+. The number of amides is 1. The molecule has 0 heterocycles. The van der Waals surface area contributed by atoms with E-state index in [-0.39, 0.29) is 18.1 Å². The van der Waals surface area contributed by atoms with Gasteiger partial charge in [0.25, 0.3) is 5.91 Å². The smallest absolute Gasteiger partial charge is 0.328 e. The van der Waals surface area contributed by atoms with Crippen LogP contribution >= 0.6 is 0 Å². The number of aliphatic carboxylic acids is 1. The van der Waals surface area contributed by atoms with Gasteiger partial charge in [-0.1, -0.05) is 18.2 Å². The molecule has 0 radical (unpaired) electrons. The lowest BCUT2D eigenvalue weighted by atomic mass is 10.1. The minimum atomic E-state index is -1.03. The maximum atomic E-state index is 11.8. The summed E-state index contributed by atoms with van der Waals surface area (Å²) in [6.07, 6.45) is 2.49. The largest absolute Gasteiger partial charge is 0.483 e. The van der Waals surface area contributed by atoms with Gasteiger partial charge >= 0.3 is 5.97 Å². The van der Waals surface area contributed by atoms with E-state index in [4.69, 9.17) is 9.84 Å². The summed E-state index contributed by atoms with van der Waals surface area (Å²) in [6, 6.07) is 5.39. The van der Waals surface area contributed by atoms with Crippen LogP contribution in [0, 0.1) is 6.92 Å². The van der Waals surface area contributed by atoms with Crippen molar-refractivity contribution in [3.8, 4) is 5.75 Å². The molecule has 0 saturated heterocycles. The van der Waals surface area contributed by atoms with E-state index in [9.17, 15) is 9.59 Å². The van der Waals surface area contributed by atoms with E-state index in [2.05, 4.69) is 5.32 Å². The van der Waals surface area contributed by atoms with Crippen molar-refractivity contribution in [2.24, 2.45) is 0 Å². The summed E-state index contributed by atoms with van der Waals surface area (Å²) < 4.78 is 5.55. The summed E-state index contributed by atoms with van der Waals surface area (Å²) in [7, 11) is 0. The lowest BCUT2D eigenvalue weighted by Crippen LogP contribution is -2.43. The lowest BCUT2D eigenvalue weighted by Gasteiger charge is -2.21. The van der Waals surface area contributed by atoms with Crippen molar-refractivity contribution in [1.82, 2.24) is 5.32 Å². The van der Waals surface area contributed by atoms with Crippen LogP contribution in [0.1, 0.15) is 31.9 Å². The first-order valence-electron chi connectivity index (χ1n) is 6.63. The number of hydrogen-bond acceptors (Lipinski definition) is 3. The van der Waals surface area contributed by atoms with E-state index < -0.39 is 5.97 Å². The van der Waals surface area contributed by atoms with Crippen LogP contribution in [0.5, 0.6) is 5.75 Å². The fourth-order valence-corrected chi connectivity index (χ4v) is 1.76. The average Bonchev–Trinajstić information content (AvgIpc) is 2.32. The maximum Gasteiger partial charge on any atom is 0.328 e. The Morgan fingerprint density at radius 2 is 2.00 bits per heavy atom. The molecule has 0 aliphatic carbocycles. The van der Waals surface area contributed by atoms with Gasteiger partial charge in [0.2, 0.25) is 0 Å². The van der Waals surface area contributed by atoms with Gasteiger partial charge in [-0.25, -0.2) is 4.79 Å². The molecule has 5 heteroatoms. The SMILES string of the molecule is Cc1cccc(/C=C/C(=O)O)c1OCC(=O)NC(C)(C)C. The molecule has 0 unspecified atom stereocenters. The molecule has 5 nitrogen and oxygen atoms in total. The number of benzene rings is 1. The van der Waals surface area contributed by atoms with Crippen molar-refractivity contribution >= 4 is 18.0 Å². The zero-order chi connectivity index (χ0) is 16.0. The molecule has 1 rings (SSSR count). The van der Waals surface area contributed by atoms with Crippen LogP contribution in [-0.4, -0.2) is 29.1 Å². The van der Waals surface area contributed by atoms with Gasteiger partial charge in [0, 0.05) is 17.2 Å². The highest BCUT2D eigenvalue weighted by Crippen LogP contribution is 2.24. The number of para-hydroxylation sites is 1. The van der Waals surface area contributed by atoms with Crippen LogP contribution in [0.4, 0.5) is 0 Å². The molecule has 0 aromatic heterocycles. The Labute approximate surface area is 124 Å². The van der Waals surface area contributed by atoms with Crippen LogP contribution < -0.4 is 10.1 Å². The molecule has 0 aliphatic heterocycles. The zero-order valence-corrected chi connectivity index (χ0v) is 12.8. The van der Waals surface area contributed by atoms with Gasteiger partial charge in [0.1, 0.15) is 5.75 Å². The van der Waals surface area contributed by atoms with Crippen molar-refractivity contribution < 1.29 is 19.4 Å². The number of carboxylic acid groups (broad SMARTS) is 1. The van der Waals surface area contributed by atoms with Gasteiger partial charge in [0.15, 0.2) is 6.61 Å². The van der Waals surface area contributed by atoms with Crippen LogP contribution in [0.15, 0.2) is 24.3 Å². The number of hydrogen-bond donors (Lipinski definition) is 2. The second-order valence-corrected chi connectivity index (χ2v) is 5.75. The maximum absolute atomic E-state index is 11.8. The van der Waals surface area contributed by atoms with Gasteiger partial charge in [-0.3, -0.25) is 4.79 Å². The Hall–Kier alpha value is -2.30. The average molecular weight is 291 g/mol. The van der Waals surface area contributed by atoms with Gasteiger partial charge in [-0.15, -0.1) is 0 Å². The summed E-state index contributed by atoms with van der Waals surface area (Å²) >= 11 is 0. The Balaban J connectivity index is 2.83. The third kappa shape index (κ3) is 6.12. The Morgan fingerprint density at radius 1 is 1.33 bits per heavy atom. The third-order valence-electron chi connectivity index (χ3n) is 2.51. The van der Waals surface area contributed by atoms with Gasteiger partial charge in [0.05, 0.1) is 0 Å². The van der Waals surface area contributed by atoms with Crippen molar-refractivity contribution in [1.29, 1.82) is 0 Å². The number of carbonyl (C=O) groups is 2. The molecule has 114 valence electrons. The van der Waals surface area contributed by atoms with Gasteiger partial charge < -0.3 is 15.2 Å². The number of nitrogens with one attached hydrogen (secondary N) is 1. The second kappa shape index (κ2) is 6.92. The van der Waals surface area contributed by atoms with Gasteiger partial charge in [-0.05, 0) is 39.3 Å². The molecule has 0 atom stereocenters. The highest BCUT2D eigenvalue weighted by Gasteiger charge is 2.15. The first-order chi connectivity index (χ1) is 9.69. The molecule has 1 aromatic carbocycles. The predicted octanol–water partition coefficient (Wildman–Crippen LogP) is 2.39. The molecule has 0 aliphatic rings. The van der Waals surface area contributed by atoms with Crippen LogP contribution in [0.2, 0.25) is 0 Å². The molecule has 0 spiro atoms. The summed E-state index contributed by atoms with van der Waals surface area (Å²) in [5, 5.41) is 11.5. The van der Waals surface area contributed by atoms with Crippen molar-refractivity contribution in [2.45, 2.75) is 33.2 Å². The molecule has 1 amide bonds. The molecule has 1 aromatic rings. The summed E-state index contributed by atoms with van der Waals surface area (Å²) in [5.74, 6) is -0.745. The highest BCUT2D eigenvalue weighted by atomic mass is 16.5. The number of ether oxygens (including phenoxy) is 1. The van der Waals surface area contributed by atoms with E-state index in [1.807, 2.05) is 33.8 Å². The molecule has 2 N–H and O–H groups in total. The minimum Gasteiger partial charge on any atom is -0.483 e. The van der Waals surface area contributed by atoms with E-state index in [1.54, 1.807) is 12.1 Å². The molecule has 0 bridgehead atoms. The number of rotatable bonds is 5. The minimum absolute atomic E-state index is 0.115. The predicted molar refractivity (Wildman–Crippen MR) is 81.2 cm³/mol. The fraction of sp³-hybridized carbons (Fsp3) is 0.375. The van der Waals surface area contributed by atoms with E-state index in [0.29, 0.717) is 11.3 Å². The first kappa shape index (κ1) is 16.8. The van der Waals surface area contributed by atoms with Crippen molar-refractivity contribution in [3.63, 3.8) is 0 Å². The number of carboxylic acids is 1. The Morgan fingerprint density at radius 3 is 2.57 bits per heavy atom. The summed E-state index contributed by atoms with van der Waals surface area (Å²) in [6.45, 7) is 7.39. The van der Waals surface area contributed by atoms with Crippen molar-refractivity contribution in [2.75, 3.05) is 6.61 Å². The monoisotopic (exact) mass is 291 g/mol. The lowest BCUT2D eigenvalue weighted by molar-refractivity contribution is -0.131. The Kier molecular flexibility index (Phi) is 5.52. The number of carbonyl (C=O) groups excluding carboxylic acids is 1. The topological polar surface area (TPSA) is 75.6 Å². The zero-order valence-electron chi connectivity index (χ0n) is 12.8. The van der Waals surface area contributed by atoms with Crippen molar-refractivity contribution in [3.05, 3.63) is 35.4 Å². The quantitative estimate of drug-likeness (QED) is 0.817. The van der Waals surface area contributed by atoms with Crippen LogP contribution in [-0.2, 0) is 9.59 Å². The Bertz CT molecular complexity index is 556. The second-order valence-electron chi connectivity index (χ2n) is 5.75. The van der Waals surface area contributed by atoms with E-state index in [1.165, 1.54) is 6.08 Å². The fourth-order valence-electron chi connectivity index (χ4n) is 1.76. The molecule has 0 saturated carbocycles. The molecule has 21 heavy (non-hydrogen) atoms. The summed E-state index contributed by atoms with van der Waals surface area (Å²) in [4.78, 5) is 22.4. The first-order valence-corrected chi connectivity index (χ1v) is 6.63. The number of aryl methyl sites for hydroxylation is 1. The van der Waals surface area contributed by atoms with Crippen LogP contribution in [0.3, 0.4) is 0 Å². The molecular formula is C16H21NO4. The highest BCUT2D eigenvalue weighted by molar-refractivity contribution is 5.86. The van der Waals surface area contributed by atoms with E-state index >= 15 is 0 Å². The molecular weight excluding hydrogens is 270 g/mol. The van der Waals surface area contributed by atoms with E-state index in [0.717, 1.165) is 11.6 Å². The summed E-state index contributed by atoms with van der Waals surface area (Å²) in [5.41, 5.74) is 1.14. The van der Waals surface area contributed by atoms with Gasteiger partial charge in [-0.2, -0.15) is 0 Å². The normalized spacial score (nSPS) is 11.4. The molecule has 0 fully saturated rings. The third-order valence-corrected chi connectivity index (χ3v) is 2.51. The van der Waals surface area contributed by atoms with Crippen LogP contribution in [0.25, 0.3) is 6.08 Å².